The van der Waals surface area contributed by atoms with Gasteiger partial charge < -0.3 is 5.73 Å². The van der Waals surface area contributed by atoms with Crippen LogP contribution in [-0.2, 0) is 10.0 Å². The molecule has 102 valence electrons. The van der Waals surface area contributed by atoms with Crippen molar-refractivity contribution in [3.8, 4) is 0 Å². The first-order valence-corrected chi connectivity index (χ1v) is 7.62. The summed E-state index contributed by atoms with van der Waals surface area (Å²) in [5.74, 6) is 0.471. The van der Waals surface area contributed by atoms with Crippen molar-refractivity contribution in [2.24, 2.45) is 11.7 Å². The van der Waals surface area contributed by atoms with Gasteiger partial charge in [0.15, 0.2) is 0 Å². The molecule has 1 unspecified atom stereocenters. The van der Waals surface area contributed by atoms with Crippen molar-refractivity contribution < 1.29 is 8.42 Å². The van der Waals surface area contributed by atoms with Crippen molar-refractivity contribution >= 4 is 38.4 Å². The van der Waals surface area contributed by atoms with Crippen molar-refractivity contribution in [2.75, 3.05) is 6.54 Å². The van der Waals surface area contributed by atoms with E-state index in [-0.39, 0.29) is 29.9 Å². The molecule has 18 heavy (non-hydrogen) atoms. The summed E-state index contributed by atoms with van der Waals surface area (Å²) in [6.45, 7) is 0.277. The van der Waals surface area contributed by atoms with Gasteiger partial charge in [-0.1, -0.05) is 0 Å². The number of aromatic nitrogens is 1. The van der Waals surface area contributed by atoms with Gasteiger partial charge in [-0.3, -0.25) is 4.98 Å². The van der Waals surface area contributed by atoms with Crippen molar-refractivity contribution in [2.45, 2.75) is 23.8 Å². The quantitative estimate of drug-likeness (QED) is 0.832. The Morgan fingerprint density at radius 3 is 2.72 bits per heavy atom. The Hall–Kier alpha value is -0.210. The molecule has 8 heteroatoms. The lowest BCUT2D eigenvalue weighted by Gasteiger charge is -2.11. The summed E-state index contributed by atoms with van der Waals surface area (Å²) in [6, 6.07) is 1.42. The van der Waals surface area contributed by atoms with Crippen molar-refractivity contribution in [1.29, 1.82) is 0 Å². The standard InChI is InChI=1S/C10H14BrN3O2S.ClH/c11-8-3-9(5-13-4-8)17(15,16)14-6-10(12)7-1-2-7;/h3-5,7,10,14H,1-2,6,12H2;1H. The van der Waals surface area contributed by atoms with Gasteiger partial charge in [0.25, 0.3) is 0 Å². The molecule has 1 fully saturated rings. The maximum absolute atomic E-state index is 11.9. The molecule has 1 atom stereocenters. The third-order valence-corrected chi connectivity index (χ3v) is 4.55. The molecular weight excluding hydrogens is 342 g/mol. The van der Waals surface area contributed by atoms with Crippen LogP contribution >= 0.6 is 28.3 Å². The second-order valence-electron chi connectivity index (χ2n) is 4.19. The average Bonchev–Trinajstić information content (AvgIpc) is 3.10. The highest BCUT2D eigenvalue weighted by molar-refractivity contribution is 9.10. The van der Waals surface area contributed by atoms with Gasteiger partial charge in [0.2, 0.25) is 10.0 Å². The first-order valence-electron chi connectivity index (χ1n) is 5.35. The second kappa shape index (κ2) is 6.29. The zero-order chi connectivity index (χ0) is 12.5. The molecule has 0 aromatic carbocycles. The molecule has 0 aliphatic heterocycles. The molecule has 2 rings (SSSR count). The number of hydrogen-bond acceptors (Lipinski definition) is 4. The maximum Gasteiger partial charge on any atom is 0.242 e. The predicted octanol–water partition coefficient (Wildman–Crippen LogP) is 1.28. The normalized spacial score (nSPS) is 17.0. The van der Waals surface area contributed by atoms with Gasteiger partial charge in [0.1, 0.15) is 4.90 Å². The predicted molar refractivity (Wildman–Crippen MR) is 75.1 cm³/mol. The smallest absolute Gasteiger partial charge is 0.242 e. The summed E-state index contributed by atoms with van der Waals surface area (Å²) in [4.78, 5) is 3.98. The molecule has 0 saturated heterocycles. The van der Waals surface area contributed by atoms with Crippen LogP contribution in [0.15, 0.2) is 27.8 Å². The Bertz CT molecular complexity index is 508. The molecule has 3 N–H and O–H groups in total. The van der Waals surface area contributed by atoms with Gasteiger partial charge in [0, 0.05) is 29.5 Å². The van der Waals surface area contributed by atoms with Crippen molar-refractivity contribution in [3.63, 3.8) is 0 Å². The number of nitrogens with one attached hydrogen (secondary N) is 1. The van der Waals surface area contributed by atoms with E-state index in [2.05, 4.69) is 25.6 Å². The fraction of sp³-hybridized carbons (Fsp3) is 0.500. The molecule has 1 saturated carbocycles. The van der Waals surface area contributed by atoms with Crippen LogP contribution in [0.4, 0.5) is 0 Å². The van der Waals surface area contributed by atoms with E-state index in [9.17, 15) is 8.42 Å². The first-order chi connectivity index (χ1) is 7.99. The number of nitrogens with two attached hydrogens (primary N) is 1. The summed E-state index contributed by atoms with van der Waals surface area (Å²) in [5.41, 5.74) is 5.84. The average molecular weight is 357 g/mol. The Morgan fingerprint density at radius 1 is 1.50 bits per heavy atom. The molecule has 5 nitrogen and oxygen atoms in total. The SMILES string of the molecule is Cl.NC(CNS(=O)(=O)c1cncc(Br)c1)C1CC1. The highest BCUT2D eigenvalue weighted by atomic mass is 79.9. The van der Waals surface area contributed by atoms with E-state index in [4.69, 9.17) is 5.73 Å². The van der Waals surface area contributed by atoms with Crippen LogP contribution in [0.1, 0.15) is 12.8 Å². The highest BCUT2D eigenvalue weighted by Crippen LogP contribution is 2.31. The number of hydrogen-bond donors (Lipinski definition) is 2. The van der Waals surface area contributed by atoms with E-state index in [0.717, 1.165) is 12.8 Å². The zero-order valence-corrected chi connectivity index (χ0v) is 12.8. The maximum atomic E-state index is 11.9. The Labute approximate surface area is 121 Å². The largest absolute Gasteiger partial charge is 0.326 e. The van der Waals surface area contributed by atoms with Gasteiger partial charge in [-0.15, -0.1) is 12.4 Å². The molecular formula is C10H15BrClN3O2S. The summed E-state index contributed by atoms with van der Waals surface area (Å²) < 4.78 is 27.0. The minimum atomic E-state index is -3.51. The Morgan fingerprint density at radius 2 is 2.17 bits per heavy atom. The molecule has 0 spiro atoms. The van der Waals surface area contributed by atoms with E-state index in [0.29, 0.717) is 10.4 Å². The van der Waals surface area contributed by atoms with Crippen LogP contribution < -0.4 is 10.5 Å². The minimum Gasteiger partial charge on any atom is -0.326 e. The molecule has 1 aromatic rings. The fourth-order valence-electron chi connectivity index (χ4n) is 1.52. The molecule has 1 aliphatic carbocycles. The number of rotatable bonds is 5. The van der Waals surface area contributed by atoms with Gasteiger partial charge >= 0.3 is 0 Å². The number of pyridine rings is 1. The minimum absolute atomic E-state index is 0. The fourth-order valence-corrected chi connectivity index (χ4v) is 3.10. The molecule has 1 heterocycles. The first kappa shape index (κ1) is 15.8. The summed E-state index contributed by atoms with van der Waals surface area (Å²) in [6.07, 6.45) is 5.05. The summed E-state index contributed by atoms with van der Waals surface area (Å²) in [7, 11) is -3.51. The number of sulfonamides is 1. The molecule has 1 aromatic heterocycles. The summed E-state index contributed by atoms with van der Waals surface area (Å²) >= 11 is 3.19. The highest BCUT2D eigenvalue weighted by Gasteiger charge is 2.29. The van der Waals surface area contributed by atoms with E-state index in [1.54, 1.807) is 0 Å². The third kappa shape index (κ3) is 4.17. The lowest BCUT2D eigenvalue weighted by atomic mass is 10.2. The van der Waals surface area contributed by atoms with Gasteiger partial charge in [0.05, 0.1) is 0 Å². The van der Waals surface area contributed by atoms with Gasteiger partial charge in [-0.05, 0) is 40.8 Å². The van der Waals surface area contributed by atoms with Crippen molar-refractivity contribution in [1.82, 2.24) is 9.71 Å². The summed E-state index contributed by atoms with van der Waals surface area (Å²) in [5, 5.41) is 0. The van der Waals surface area contributed by atoms with E-state index in [1.807, 2.05) is 0 Å². The van der Waals surface area contributed by atoms with Crippen LogP contribution in [0, 0.1) is 5.92 Å². The topological polar surface area (TPSA) is 85.1 Å². The molecule has 0 bridgehead atoms. The molecule has 0 amide bonds. The van der Waals surface area contributed by atoms with Crippen LogP contribution in [-0.4, -0.2) is 26.0 Å². The Balaban J connectivity index is 0.00000162. The van der Waals surface area contributed by atoms with Crippen LogP contribution in [0.2, 0.25) is 0 Å². The van der Waals surface area contributed by atoms with Gasteiger partial charge in [-0.25, -0.2) is 13.1 Å². The Kier molecular flexibility index (Phi) is 5.54. The molecule has 0 radical (unpaired) electrons. The van der Waals surface area contributed by atoms with E-state index in [1.165, 1.54) is 18.5 Å². The molecule has 1 aliphatic rings. The number of nitrogens with zero attached hydrogens (tertiary/aromatic N) is 1. The van der Waals surface area contributed by atoms with Crippen LogP contribution in [0.5, 0.6) is 0 Å². The van der Waals surface area contributed by atoms with Crippen molar-refractivity contribution in [3.05, 3.63) is 22.9 Å². The second-order valence-corrected chi connectivity index (χ2v) is 6.87. The van der Waals surface area contributed by atoms with Crippen LogP contribution in [0.25, 0.3) is 0 Å². The zero-order valence-electron chi connectivity index (χ0n) is 9.54. The monoisotopic (exact) mass is 355 g/mol. The van der Waals surface area contributed by atoms with E-state index < -0.39 is 10.0 Å². The number of halogens is 2. The van der Waals surface area contributed by atoms with Gasteiger partial charge in [-0.2, -0.15) is 0 Å². The van der Waals surface area contributed by atoms with Crippen LogP contribution in [0.3, 0.4) is 0 Å². The third-order valence-electron chi connectivity index (χ3n) is 2.73. The van der Waals surface area contributed by atoms with E-state index >= 15 is 0 Å². The lowest BCUT2D eigenvalue weighted by molar-refractivity contribution is 0.547. The lowest BCUT2D eigenvalue weighted by Crippen LogP contribution is -2.38.